The zero-order valence-corrected chi connectivity index (χ0v) is 9.58. The summed E-state index contributed by atoms with van der Waals surface area (Å²) in [4.78, 5) is 15.0. The molecule has 0 bridgehead atoms. The maximum atomic E-state index is 11.9. The van der Waals surface area contributed by atoms with Gasteiger partial charge >= 0.3 is 0 Å². The zero-order valence-electron chi connectivity index (χ0n) is 9.58. The van der Waals surface area contributed by atoms with Gasteiger partial charge in [0.05, 0.1) is 0 Å². The SMILES string of the molecule is CCC(C)NC(=O)c1ccc2[nH]ccc2c1. The number of aromatic amines is 1. The summed E-state index contributed by atoms with van der Waals surface area (Å²) < 4.78 is 0. The predicted molar refractivity (Wildman–Crippen MR) is 65.5 cm³/mol. The molecule has 0 saturated heterocycles. The monoisotopic (exact) mass is 216 g/mol. The lowest BCUT2D eigenvalue weighted by Crippen LogP contribution is -2.31. The molecule has 2 aromatic rings. The lowest BCUT2D eigenvalue weighted by atomic mass is 10.1. The first-order chi connectivity index (χ1) is 7.70. The van der Waals surface area contributed by atoms with Crippen LogP contribution in [0.25, 0.3) is 10.9 Å². The third-order valence-electron chi connectivity index (χ3n) is 2.81. The largest absolute Gasteiger partial charge is 0.361 e. The van der Waals surface area contributed by atoms with Gasteiger partial charge in [-0.2, -0.15) is 0 Å². The van der Waals surface area contributed by atoms with E-state index in [1.807, 2.05) is 37.4 Å². The van der Waals surface area contributed by atoms with Crippen LogP contribution in [0.15, 0.2) is 30.5 Å². The quantitative estimate of drug-likeness (QED) is 0.814. The second kappa shape index (κ2) is 4.39. The molecule has 0 aliphatic heterocycles. The van der Waals surface area contributed by atoms with Gasteiger partial charge in [0.1, 0.15) is 0 Å². The van der Waals surface area contributed by atoms with Crippen molar-refractivity contribution in [1.82, 2.24) is 10.3 Å². The number of rotatable bonds is 3. The van der Waals surface area contributed by atoms with Crippen molar-refractivity contribution in [3.63, 3.8) is 0 Å². The second-order valence-corrected chi connectivity index (χ2v) is 4.06. The van der Waals surface area contributed by atoms with Crippen molar-refractivity contribution in [3.8, 4) is 0 Å². The normalized spacial score (nSPS) is 12.6. The van der Waals surface area contributed by atoms with Gasteiger partial charge in [0.25, 0.3) is 5.91 Å². The van der Waals surface area contributed by atoms with Crippen molar-refractivity contribution < 1.29 is 4.79 Å². The first-order valence-corrected chi connectivity index (χ1v) is 5.58. The number of amides is 1. The van der Waals surface area contributed by atoms with E-state index in [9.17, 15) is 4.79 Å². The number of aromatic nitrogens is 1. The minimum Gasteiger partial charge on any atom is -0.361 e. The van der Waals surface area contributed by atoms with E-state index in [0.717, 1.165) is 17.3 Å². The highest BCUT2D eigenvalue weighted by atomic mass is 16.1. The molecule has 16 heavy (non-hydrogen) atoms. The third kappa shape index (κ3) is 2.08. The van der Waals surface area contributed by atoms with Crippen LogP contribution in [0.3, 0.4) is 0 Å². The number of H-pyrrole nitrogens is 1. The van der Waals surface area contributed by atoms with Crippen LogP contribution in [0.5, 0.6) is 0 Å². The number of carbonyl (C=O) groups excluding carboxylic acids is 1. The Kier molecular flexibility index (Phi) is 2.95. The fraction of sp³-hybridized carbons (Fsp3) is 0.308. The highest BCUT2D eigenvalue weighted by Gasteiger charge is 2.08. The van der Waals surface area contributed by atoms with Gasteiger partial charge in [-0.15, -0.1) is 0 Å². The number of benzene rings is 1. The molecule has 0 saturated carbocycles. The van der Waals surface area contributed by atoms with Gasteiger partial charge in [-0.3, -0.25) is 4.79 Å². The number of hydrogen-bond donors (Lipinski definition) is 2. The summed E-state index contributed by atoms with van der Waals surface area (Å²) in [5.41, 5.74) is 1.77. The number of hydrogen-bond acceptors (Lipinski definition) is 1. The van der Waals surface area contributed by atoms with E-state index in [-0.39, 0.29) is 11.9 Å². The topological polar surface area (TPSA) is 44.9 Å². The van der Waals surface area contributed by atoms with Gasteiger partial charge in [-0.05, 0) is 37.6 Å². The Bertz CT molecular complexity index is 501. The van der Waals surface area contributed by atoms with Crippen LogP contribution in [-0.2, 0) is 0 Å². The Labute approximate surface area is 94.9 Å². The van der Waals surface area contributed by atoms with E-state index in [1.165, 1.54) is 0 Å². The van der Waals surface area contributed by atoms with Crippen molar-refractivity contribution in [2.75, 3.05) is 0 Å². The Morgan fingerprint density at radius 2 is 2.25 bits per heavy atom. The van der Waals surface area contributed by atoms with Crippen LogP contribution in [-0.4, -0.2) is 16.9 Å². The molecule has 1 aromatic carbocycles. The number of nitrogens with one attached hydrogen (secondary N) is 2. The van der Waals surface area contributed by atoms with E-state index >= 15 is 0 Å². The summed E-state index contributed by atoms with van der Waals surface area (Å²) in [7, 11) is 0. The first-order valence-electron chi connectivity index (χ1n) is 5.58. The molecule has 0 radical (unpaired) electrons. The molecule has 3 nitrogen and oxygen atoms in total. The smallest absolute Gasteiger partial charge is 0.251 e. The van der Waals surface area contributed by atoms with E-state index in [1.54, 1.807) is 0 Å². The molecule has 1 atom stereocenters. The number of carbonyl (C=O) groups is 1. The highest BCUT2D eigenvalue weighted by molar-refractivity contribution is 5.98. The van der Waals surface area contributed by atoms with Gasteiger partial charge in [0.15, 0.2) is 0 Å². The standard InChI is InChI=1S/C13H16N2O/c1-3-9(2)15-13(16)11-4-5-12-10(8-11)6-7-14-12/h4-9,14H,3H2,1-2H3,(H,15,16). The van der Waals surface area contributed by atoms with Crippen LogP contribution in [0.2, 0.25) is 0 Å². The van der Waals surface area contributed by atoms with Gasteiger partial charge in [-0.1, -0.05) is 6.92 Å². The maximum absolute atomic E-state index is 11.9. The molecule has 1 amide bonds. The molecule has 0 spiro atoms. The Balaban J connectivity index is 2.22. The summed E-state index contributed by atoms with van der Waals surface area (Å²) in [6.07, 6.45) is 2.82. The minimum atomic E-state index is -0.00236. The minimum absolute atomic E-state index is 0.00236. The summed E-state index contributed by atoms with van der Waals surface area (Å²) in [6, 6.07) is 7.87. The number of fused-ring (bicyclic) bond motifs is 1. The summed E-state index contributed by atoms with van der Waals surface area (Å²) in [5.74, 6) is -0.00236. The Morgan fingerprint density at radius 1 is 1.44 bits per heavy atom. The van der Waals surface area contributed by atoms with Gasteiger partial charge in [0, 0.05) is 28.7 Å². The molecule has 0 aliphatic rings. The summed E-state index contributed by atoms with van der Waals surface area (Å²) in [6.45, 7) is 4.06. The van der Waals surface area contributed by atoms with Crippen molar-refractivity contribution in [3.05, 3.63) is 36.0 Å². The van der Waals surface area contributed by atoms with E-state index in [2.05, 4.69) is 17.2 Å². The lowest BCUT2D eigenvalue weighted by Gasteiger charge is -2.11. The van der Waals surface area contributed by atoms with Gasteiger partial charge < -0.3 is 10.3 Å². The van der Waals surface area contributed by atoms with Gasteiger partial charge in [0.2, 0.25) is 0 Å². The molecule has 1 heterocycles. The summed E-state index contributed by atoms with van der Waals surface area (Å²) in [5, 5.41) is 4.02. The molecule has 1 aromatic heterocycles. The fourth-order valence-corrected chi connectivity index (χ4v) is 1.60. The fourth-order valence-electron chi connectivity index (χ4n) is 1.60. The van der Waals surface area contributed by atoms with Crippen LogP contribution >= 0.6 is 0 Å². The summed E-state index contributed by atoms with van der Waals surface area (Å²) >= 11 is 0. The molecule has 0 fully saturated rings. The molecule has 2 N–H and O–H groups in total. The van der Waals surface area contributed by atoms with Crippen molar-refractivity contribution in [2.24, 2.45) is 0 Å². The average Bonchev–Trinajstić information content (AvgIpc) is 2.75. The zero-order chi connectivity index (χ0) is 11.5. The van der Waals surface area contributed by atoms with Crippen LogP contribution < -0.4 is 5.32 Å². The Hall–Kier alpha value is -1.77. The molecule has 2 rings (SSSR count). The van der Waals surface area contributed by atoms with Crippen molar-refractivity contribution in [2.45, 2.75) is 26.3 Å². The van der Waals surface area contributed by atoms with E-state index in [0.29, 0.717) is 5.56 Å². The van der Waals surface area contributed by atoms with E-state index < -0.39 is 0 Å². The molecular formula is C13H16N2O. The molecule has 1 unspecified atom stereocenters. The lowest BCUT2D eigenvalue weighted by molar-refractivity contribution is 0.0939. The van der Waals surface area contributed by atoms with Crippen LogP contribution in [0.4, 0.5) is 0 Å². The first kappa shape index (κ1) is 10.7. The van der Waals surface area contributed by atoms with Crippen LogP contribution in [0, 0.1) is 0 Å². The van der Waals surface area contributed by atoms with Crippen molar-refractivity contribution in [1.29, 1.82) is 0 Å². The molecule has 84 valence electrons. The van der Waals surface area contributed by atoms with Crippen molar-refractivity contribution >= 4 is 16.8 Å². The van der Waals surface area contributed by atoms with Crippen LogP contribution in [0.1, 0.15) is 30.6 Å². The predicted octanol–water partition coefficient (Wildman–Crippen LogP) is 2.70. The molecule has 0 aliphatic carbocycles. The maximum Gasteiger partial charge on any atom is 0.251 e. The highest BCUT2D eigenvalue weighted by Crippen LogP contribution is 2.14. The Morgan fingerprint density at radius 3 is 3.00 bits per heavy atom. The second-order valence-electron chi connectivity index (χ2n) is 4.06. The molecular weight excluding hydrogens is 200 g/mol. The van der Waals surface area contributed by atoms with E-state index in [4.69, 9.17) is 0 Å². The average molecular weight is 216 g/mol. The van der Waals surface area contributed by atoms with Gasteiger partial charge in [-0.25, -0.2) is 0 Å². The molecule has 3 heteroatoms. The third-order valence-corrected chi connectivity index (χ3v) is 2.81.